The largest absolute Gasteiger partial charge is 0.382 e. The second kappa shape index (κ2) is 3.74. The van der Waals surface area contributed by atoms with Crippen LogP contribution in [-0.4, -0.2) is 21.3 Å². The lowest BCUT2D eigenvalue weighted by Gasteiger charge is -1.99. The molecule has 0 aliphatic rings. The van der Waals surface area contributed by atoms with Crippen LogP contribution < -0.4 is 11.1 Å². The molecule has 0 radical (unpaired) electrons. The summed E-state index contributed by atoms with van der Waals surface area (Å²) in [5, 5.41) is 13.1. The molecule has 0 saturated carbocycles. The molecule has 2 aromatic rings. The van der Waals surface area contributed by atoms with Gasteiger partial charge in [-0.05, 0) is 12.1 Å². The van der Waals surface area contributed by atoms with Crippen LogP contribution in [0.5, 0.6) is 0 Å². The molecule has 1 amide bonds. The van der Waals surface area contributed by atoms with Crippen LogP contribution in [0.4, 0.5) is 11.5 Å². The first-order valence-electron chi connectivity index (χ1n) is 4.05. The first-order valence-corrected chi connectivity index (χ1v) is 4.05. The lowest BCUT2D eigenvalue weighted by molar-refractivity contribution is 0.102. The smallest absolute Gasteiger partial charge is 0.276 e. The van der Waals surface area contributed by atoms with Crippen molar-refractivity contribution in [2.75, 3.05) is 11.1 Å². The number of hydrogen-bond acceptors (Lipinski definition) is 6. The summed E-state index contributed by atoms with van der Waals surface area (Å²) in [4.78, 5) is 11.5. The maximum Gasteiger partial charge on any atom is 0.276 e. The van der Waals surface area contributed by atoms with Gasteiger partial charge in [-0.2, -0.15) is 0 Å². The van der Waals surface area contributed by atoms with Crippen molar-refractivity contribution >= 4 is 17.4 Å². The molecule has 15 heavy (non-hydrogen) atoms. The van der Waals surface area contributed by atoms with Crippen LogP contribution in [0.1, 0.15) is 10.5 Å². The zero-order valence-corrected chi connectivity index (χ0v) is 7.54. The summed E-state index contributed by atoms with van der Waals surface area (Å²) in [5.41, 5.74) is 5.96. The predicted molar refractivity (Wildman–Crippen MR) is 50.9 cm³/mol. The van der Waals surface area contributed by atoms with Gasteiger partial charge in [0, 0.05) is 0 Å². The highest BCUT2D eigenvalue weighted by molar-refractivity contribution is 6.02. The van der Waals surface area contributed by atoms with Crippen molar-refractivity contribution in [1.29, 1.82) is 0 Å². The molecule has 0 bridgehead atoms. The number of aromatic nitrogens is 3. The maximum absolute atomic E-state index is 11.5. The van der Waals surface area contributed by atoms with Gasteiger partial charge in [0.25, 0.3) is 5.91 Å². The van der Waals surface area contributed by atoms with Crippen molar-refractivity contribution < 1.29 is 9.32 Å². The minimum absolute atomic E-state index is 0.172. The van der Waals surface area contributed by atoms with Crippen molar-refractivity contribution in [1.82, 2.24) is 15.4 Å². The molecule has 0 aromatic carbocycles. The minimum Gasteiger partial charge on any atom is -0.382 e. The Balaban J connectivity index is 2.11. The van der Waals surface area contributed by atoms with E-state index >= 15 is 0 Å². The average molecular weight is 205 g/mol. The Kier molecular flexibility index (Phi) is 2.28. The molecule has 0 aliphatic heterocycles. The highest BCUT2D eigenvalue weighted by atomic mass is 16.5. The monoisotopic (exact) mass is 205 g/mol. The molecule has 0 spiro atoms. The first-order chi connectivity index (χ1) is 7.25. The standard InChI is InChI=1S/C8H7N5O2/c9-7-2-1-6(12-13-7)8(14)11-5-3-10-15-4-5/h1-4H,(H2,9,13)(H,11,14). The average Bonchev–Trinajstić information content (AvgIpc) is 2.71. The summed E-state index contributed by atoms with van der Waals surface area (Å²) < 4.78 is 4.55. The van der Waals surface area contributed by atoms with E-state index in [2.05, 4.69) is 25.2 Å². The highest BCUT2D eigenvalue weighted by Crippen LogP contribution is 2.06. The van der Waals surface area contributed by atoms with Gasteiger partial charge in [-0.1, -0.05) is 5.16 Å². The van der Waals surface area contributed by atoms with E-state index in [1.54, 1.807) is 0 Å². The van der Waals surface area contributed by atoms with Crippen LogP contribution in [0.2, 0.25) is 0 Å². The van der Waals surface area contributed by atoms with Crippen LogP contribution in [0.3, 0.4) is 0 Å². The quantitative estimate of drug-likeness (QED) is 0.730. The number of amides is 1. The summed E-state index contributed by atoms with van der Waals surface area (Å²) in [6.45, 7) is 0. The van der Waals surface area contributed by atoms with E-state index in [9.17, 15) is 4.79 Å². The summed E-state index contributed by atoms with van der Waals surface area (Å²) in [5.74, 6) is -0.137. The van der Waals surface area contributed by atoms with Gasteiger partial charge in [-0.25, -0.2) is 0 Å². The molecule has 0 aliphatic carbocycles. The molecule has 3 N–H and O–H groups in total. The summed E-state index contributed by atoms with van der Waals surface area (Å²) in [6, 6.07) is 2.97. The van der Waals surface area contributed by atoms with E-state index in [-0.39, 0.29) is 11.5 Å². The molecule has 2 aromatic heterocycles. The molecule has 2 rings (SSSR count). The third-order valence-corrected chi connectivity index (χ3v) is 1.61. The Morgan fingerprint density at radius 3 is 2.87 bits per heavy atom. The molecule has 0 atom stereocenters. The zero-order chi connectivity index (χ0) is 10.7. The third kappa shape index (κ3) is 2.08. The molecular weight excluding hydrogens is 198 g/mol. The molecule has 7 heteroatoms. The number of rotatable bonds is 2. The van der Waals surface area contributed by atoms with Crippen molar-refractivity contribution in [2.24, 2.45) is 0 Å². The predicted octanol–water partition coefficient (Wildman–Crippen LogP) is 0.299. The van der Waals surface area contributed by atoms with Crippen LogP contribution in [0, 0.1) is 0 Å². The molecule has 0 fully saturated rings. The van der Waals surface area contributed by atoms with Crippen molar-refractivity contribution in [3.8, 4) is 0 Å². The lowest BCUT2D eigenvalue weighted by Crippen LogP contribution is -2.14. The second-order valence-corrected chi connectivity index (χ2v) is 2.71. The van der Waals surface area contributed by atoms with Gasteiger partial charge in [-0.3, -0.25) is 4.79 Å². The number of nitrogens with one attached hydrogen (secondary N) is 1. The van der Waals surface area contributed by atoms with Crippen LogP contribution in [0.15, 0.2) is 29.1 Å². The van der Waals surface area contributed by atoms with Gasteiger partial charge in [0.05, 0.1) is 6.20 Å². The van der Waals surface area contributed by atoms with E-state index in [4.69, 9.17) is 5.73 Å². The maximum atomic E-state index is 11.5. The van der Waals surface area contributed by atoms with Crippen LogP contribution >= 0.6 is 0 Å². The fourth-order valence-corrected chi connectivity index (χ4v) is 0.925. The van der Waals surface area contributed by atoms with Gasteiger partial charge >= 0.3 is 0 Å². The van der Waals surface area contributed by atoms with E-state index < -0.39 is 5.91 Å². The minimum atomic E-state index is -0.397. The van der Waals surface area contributed by atoms with Gasteiger partial charge in [0.2, 0.25) is 0 Å². The van der Waals surface area contributed by atoms with Gasteiger partial charge < -0.3 is 15.6 Å². The number of carbonyl (C=O) groups is 1. The molecule has 0 saturated heterocycles. The Bertz CT molecular complexity index is 450. The number of hydrogen-bond donors (Lipinski definition) is 2. The van der Waals surface area contributed by atoms with Gasteiger partial charge in [-0.15, -0.1) is 10.2 Å². The molecule has 2 heterocycles. The Morgan fingerprint density at radius 2 is 2.27 bits per heavy atom. The Morgan fingerprint density at radius 1 is 1.40 bits per heavy atom. The van der Waals surface area contributed by atoms with E-state index in [1.807, 2.05) is 0 Å². The SMILES string of the molecule is Nc1ccc(C(=O)Nc2cnoc2)nn1. The fraction of sp³-hybridized carbons (Fsp3) is 0. The summed E-state index contributed by atoms with van der Waals surface area (Å²) >= 11 is 0. The van der Waals surface area contributed by atoms with Crippen LogP contribution in [-0.2, 0) is 0 Å². The number of nitrogen functional groups attached to an aromatic ring is 1. The van der Waals surface area contributed by atoms with Gasteiger partial charge in [0.1, 0.15) is 17.8 Å². The first kappa shape index (κ1) is 9.13. The Hall–Kier alpha value is -2.44. The molecule has 0 unspecified atom stereocenters. The van der Waals surface area contributed by atoms with Crippen LogP contribution in [0.25, 0.3) is 0 Å². The summed E-state index contributed by atoms with van der Waals surface area (Å²) in [7, 11) is 0. The number of nitrogens with two attached hydrogens (primary N) is 1. The van der Waals surface area contributed by atoms with Gasteiger partial charge in [0.15, 0.2) is 5.69 Å². The lowest BCUT2D eigenvalue weighted by atomic mass is 10.3. The highest BCUT2D eigenvalue weighted by Gasteiger charge is 2.08. The van der Waals surface area contributed by atoms with Crippen molar-refractivity contribution in [3.05, 3.63) is 30.3 Å². The molecule has 7 nitrogen and oxygen atoms in total. The fourth-order valence-electron chi connectivity index (χ4n) is 0.925. The van der Waals surface area contributed by atoms with E-state index in [1.165, 1.54) is 24.6 Å². The Labute approximate surface area is 84.3 Å². The topological polar surface area (TPSA) is 107 Å². The number of nitrogens with zero attached hydrogens (tertiary/aromatic N) is 3. The summed E-state index contributed by atoms with van der Waals surface area (Å²) in [6.07, 6.45) is 2.69. The number of carbonyl (C=O) groups excluding carboxylic acids is 1. The van der Waals surface area contributed by atoms with E-state index in [0.29, 0.717) is 5.69 Å². The van der Waals surface area contributed by atoms with E-state index in [0.717, 1.165) is 0 Å². The molecule has 76 valence electrons. The third-order valence-electron chi connectivity index (χ3n) is 1.61. The molecular formula is C8H7N5O2. The number of anilines is 2. The zero-order valence-electron chi connectivity index (χ0n) is 7.54. The second-order valence-electron chi connectivity index (χ2n) is 2.71. The normalized spacial score (nSPS) is 9.87. The van der Waals surface area contributed by atoms with Crippen molar-refractivity contribution in [2.45, 2.75) is 0 Å². The van der Waals surface area contributed by atoms with Crippen molar-refractivity contribution in [3.63, 3.8) is 0 Å².